The van der Waals surface area contributed by atoms with Crippen molar-refractivity contribution in [1.82, 2.24) is 4.98 Å². The number of nitrogens with two attached hydrogens (primary N) is 1. The molecule has 3 N–H and O–H groups in total. The third-order valence-corrected chi connectivity index (χ3v) is 2.31. The molecule has 0 saturated heterocycles. The predicted octanol–water partition coefficient (Wildman–Crippen LogP) is 2.03. The molecular formula is C13H9N3O3. The van der Waals surface area contributed by atoms with Crippen molar-refractivity contribution in [3.63, 3.8) is 0 Å². The molecule has 6 heteroatoms. The second-order valence-corrected chi connectivity index (χ2v) is 3.63. The average Bonchev–Trinajstić information content (AvgIpc) is 2.42. The number of aromatic nitrogens is 1. The van der Waals surface area contributed by atoms with Gasteiger partial charge in [0.15, 0.2) is 5.69 Å². The molecular weight excluding hydrogens is 246 g/mol. The van der Waals surface area contributed by atoms with Gasteiger partial charge < -0.3 is 15.6 Å². The Hall–Kier alpha value is -3.07. The highest BCUT2D eigenvalue weighted by atomic mass is 16.5. The number of ether oxygens (including phenoxy) is 1. The number of carboxylic acid groups (broad SMARTS) is 1. The maximum atomic E-state index is 10.8. The number of rotatable bonds is 3. The zero-order valence-corrected chi connectivity index (χ0v) is 9.70. The molecule has 0 bridgehead atoms. The van der Waals surface area contributed by atoms with Gasteiger partial charge in [-0.05, 0) is 36.4 Å². The Kier molecular flexibility index (Phi) is 3.30. The fraction of sp³-hybridized carbons (Fsp3) is 0. The van der Waals surface area contributed by atoms with Crippen molar-refractivity contribution < 1.29 is 14.6 Å². The van der Waals surface area contributed by atoms with Gasteiger partial charge in [-0.2, -0.15) is 5.26 Å². The van der Waals surface area contributed by atoms with E-state index in [1.54, 1.807) is 24.3 Å². The molecule has 2 aromatic rings. The second-order valence-electron chi connectivity index (χ2n) is 3.63. The molecule has 0 aliphatic carbocycles. The summed E-state index contributed by atoms with van der Waals surface area (Å²) in [5.74, 6) is -0.727. The highest BCUT2D eigenvalue weighted by molar-refractivity contribution is 5.86. The summed E-state index contributed by atoms with van der Waals surface area (Å²) in [7, 11) is 0. The van der Waals surface area contributed by atoms with Gasteiger partial charge in [0.1, 0.15) is 5.75 Å². The van der Waals surface area contributed by atoms with Crippen LogP contribution in [0.2, 0.25) is 0 Å². The van der Waals surface area contributed by atoms with Gasteiger partial charge in [0.05, 0.1) is 17.3 Å². The molecule has 0 amide bonds. The van der Waals surface area contributed by atoms with Crippen molar-refractivity contribution in [3.8, 4) is 17.7 Å². The fourth-order valence-corrected chi connectivity index (χ4v) is 1.36. The third-order valence-electron chi connectivity index (χ3n) is 2.31. The van der Waals surface area contributed by atoms with E-state index >= 15 is 0 Å². The van der Waals surface area contributed by atoms with E-state index in [0.29, 0.717) is 11.3 Å². The van der Waals surface area contributed by atoms with Gasteiger partial charge in [0.2, 0.25) is 5.88 Å². The molecule has 0 saturated carbocycles. The zero-order chi connectivity index (χ0) is 13.8. The van der Waals surface area contributed by atoms with E-state index in [2.05, 4.69) is 4.98 Å². The number of pyridine rings is 1. The normalized spacial score (nSPS) is 9.63. The summed E-state index contributed by atoms with van der Waals surface area (Å²) in [5, 5.41) is 17.5. The highest BCUT2D eigenvalue weighted by Gasteiger charge is 2.10. The van der Waals surface area contributed by atoms with Crippen LogP contribution in [0.4, 0.5) is 5.69 Å². The summed E-state index contributed by atoms with van der Waals surface area (Å²) in [5.41, 5.74) is 6.23. The molecule has 1 heterocycles. The number of nitrogen functional groups attached to an aromatic ring is 1. The maximum absolute atomic E-state index is 10.8. The van der Waals surface area contributed by atoms with Crippen LogP contribution in [-0.4, -0.2) is 16.1 Å². The smallest absolute Gasteiger partial charge is 0.354 e. The number of aromatic carboxylic acids is 1. The Bertz CT molecular complexity index is 660. The van der Waals surface area contributed by atoms with Crippen molar-refractivity contribution in [3.05, 3.63) is 47.7 Å². The van der Waals surface area contributed by atoms with Gasteiger partial charge in [-0.15, -0.1) is 0 Å². The molecule has 1 aromatic carbocycles. The molecule has 0 fully saturated rings. The molecule has 2 rings (SSSR count). The molecule has 0 aliphatic heterocycles. The maximum Gasteiger partial charge on any atom is 0.354 e. The van der Waals surface area contributed by atoms with Crippen LogP contribution in [0.5, 0.6) is 11.6 Å². The first-order valence-corrected chi connectivity index (χ1v) is 5.28. The highest BCUT2D eigenvalue weighted by Crippen LogP contribution is 2.25. The van der Waals surface area contributed by atoms with Crippen molar-refractivity contribution in [2.45, 2.75) is 0 Å². The van der Waals surface area contributed by atoms with Gasteiger partial charge in [0, 0.05) is 0 Å². The first-order chi connectivity index (χ1) is 9.10. The van der Waals surface area contributed by atoms with Gasteiger partial charge in [0.25, 0.3) is 0 Å². The lowest BCUT2D eigenvalue weighted by molar-refractivity contribution is 0.0689. The van der Waals surface area contributed by atoms with E-state index in [0.717, 1.165) is 0 Å². The van der Waals surface area contributed by atoms with E-state index in [1.165, 1.54) is 12.1 Å². The average molecular weight is 255 g/mol. The van der Waals surface area contributed by atoms with Crippen LogP contribution in [0.15, 0.2) is 36.4 Å². The fourth-order valence-electron chi connectivity index (χ4n) is 1.36. The second kappa shape index (κ2) is 5.06. The number of hydrogen-bond acceptors (Lipinski definition) is 5. The van der Waals surface area contributed by atoms with E-state index < -0.39 is 5.97 Å². The van der Waals surface area contributed by atoms with Crippen LogP contribution in [0.1, 0.15) is 16.1 Å². The molecule has 1 aromatic heterocycles. The Morgan fingerprint density at radius 2 is 1.95 bits per heavy atom. The number of carbonyl (C=O) groups is 1. The molecule has 0 radical (unpaired) electrons. The summed E-state index contributed by atoms with van der Waals surface area (Å²) in [6, 6.07) is 11.0. The lowest BCUT2D eigenvalue weighted by Crippen LogP contribution is -2.03. The zero-order valence-electron chi connectivity index (χ0n) is 9.70. The summed E-state index contributed by atoms with van der Waals surface area (Å²) in [6.45, 7) is 0. The topological polar surface area (TPSA) is 109 Å². The molecule has 0 spiro atoms. The molecule has 0 unspecified atom stereocenters. The number of anilines is 1. The van der Waals surface area contributed by atoms with Crippen molar-refractivity contribution in [2.24, 2.45) is 0 Å². The minimum atomic E-state index is -1.16. The van der Waals surface area contributed by atoms with Crippen LogP contribution in [0.25, 0.3) is 0 Å². The molecule has 94 valence electrons. The van der Waals surface area contributed by atoms with Crippen molar-refractivity contribution in [1.29, 1.82) is 5.26 Å². The summed E-state index contributed by atoms with van der Waals surface area (Å²) in [4.78, 5) is 14.6. The standard InChI is InChI=1S/C13H9N3O3/c14-7-8-1-3-9(4-2-8)19-12-10(15)5-6-11(16-12)13(17)18/h1-6H,15H2,(H,17,18). The Morgan fingerprint density at radius 1 is 1.26 bits per heavy atom. The Labute approximate surface area is 108 Å². The van der Waals surface area contributed by atoms with Crippen LogP contribution in [0.3, 0.4) is 0 Å². The van der Waals surface area contributed by atoms with E-state index in [4.69, 9.17) is 20.8 Å². The quantitative estimate of drug-likeness (QED) is 0.868. The third kappa shape index (κ3) is 2.79. The minimum absolute atomic E-state index is 0.0182. The van der Waals surface area contributed by atoms with Gasteiger partial charge in [-0.3, -0.25) is 0 Å². The lowest BCUT2D eigenvalue weighted by atomic mass is 10.2. The summed E-state index contributed by atoms with van der Waals surface area (Å²) >= 11 is 0. The predicted molar refractivity (Wildman–Crippen MR) is 66.8 cm³/mol. The summed E-state index contributed by atoms with van der Waals surface area (Å²) in [6.07, 6.45) is 0. The minimum Gasteiger partial charge on any atom is -0.477 e. The van der Waals surface area contributed by atoms with Crippen molar-refractivity contribution in [2.75, 3.05) is 5.73 Å². The first kappa shape index (κ1) is 12.4. The van der Waals surface area contributed by atoms with Gasteiger partial charge >= 0.3 is 5.97 Å². The number of hydrogen-bond donors (Lipinski definition) is 2. The van der Waals surface area contributed by atoms with Gasteiger partial charge in [-0.25, -0.2) is 9.78 Å². The lowest BCUT2D eigenvalue weighted by Gasteiger charge is -2.07. The monoisotopic (exact) mass is 255 g/mol. The summed E-state index contributed by atoms with van der Waals surface area (Å²) < 4.78 is 5.39. The number of nitriles is 1. The molecule has 19 heavy (non-hydrogen) atoms. The molecule has 0 atom stereocenters. The van der Waals surface area contributed by atoms with Crippen LogP contribution >= 0.6 is 0 Å². The van der Waals surface area contributed by atoms with Crippen LogP contribution in [0, 0.1) is 11.3 Å². The first-order valence-electron chi connectivity index (χ1n) is 5.28. The van der Waals surface area contributed by atoms with E-state index in [-0.39, 0.29) is 17.3 Å². The van der Waals surface area contributed by atoms with Crippen molar-refractivity contribution >= 4 is 11.7 Å². The Morgan fingerprint density at radius 3 is 2.53 bits per heavy atom. The Balaban J connectivity index is 2.29. The largest absolute Gasteiger partial charge is 0.477 e. The van der Waals surface area contributed by atoms with E-state index in [1.807, 2.05) is 6.07 Å². The SMILES string of the molecule is N#Cc1ccc(Oc2nc(C(=O)O)ccc2N)cc1. The number of nitrogens with zero attached hydrogens (tertiary/aromatic N) is 2. The van der Waals surface area contributed by atoms with Crippen LogP contribution < -0.4 is 10.5 Å². The van der Waals surface area contributed by atoms with E-state index in [9.17, 15) is 4.79 Å². The number of carboxylic acids is 1. The van der Waals surface area contributed by atoms with Gasteiger partial charge in [-0.1, -0.05) is 0 Å². The molecule has 6 nitrogen and oxygen atoms in total. The molecule has 0 aliphatic rings. The number of benzene rings is 1. The van der Waals surface area contributed by atoms with Crippen LogP contribution in [-0.2, 0) is 0 Å².